The van der Waals surface area contributed by atoms with Crippen LogP contribution in [0.3, 0.4) is 0 Å². The standard InChI is InChI=1S/C20H19N5O2S/c1-14-7-8-16(12-15(14)2)21-18-19(26)25(24-9-3-4-10-24)20(23-22-18)28-13-17-6-5-11-27-17/h3-12H,13H2,1-2H3,(H,21,22). The van der Waals surface area contributed by atoms with Gasteiger partial charge in [0.05, 0.1) is 12.0 Å². The number of furan rings is 1. The second-order valence-electron chi connectivity index (χ2n) is 6.30. The molecule has 0 radical (unpaired) electrons. The number of nitrogens with zero attached hydrogens (tertiary/aromatic N) is 4. The number of thioether (sulfide) groups is 1. The Labute approximate surface area is 166 Å². The first-order valence-corrected chi connectivity index (χ1v) is 9.73. The van der Waals surface area contributed by atoms with Crippen LogP contribution >= 0.6 is 11.8 Å². The van der Waals surface area contributed by atoms with E-state index in [4.69, 9.17) is 4.42 Å². The maximum absolute atomic E-state index is 13.1. The van der Waals surface area contributed by atoms with E-state index in [-0.39, 0.29) is 11.4 Å². The van der Waals surface area contributed by atoms with Gasteiger partial charge in [-0.3, -0.25) is 9.47 Å². The fraction of sp³-hybridized carbons (Fsp3) is 0.150. The topological polar surface area (TPSA) is 77.9 Å². The predicted molar refractivity (Wildman–Crippen MR) is 109 cm³/mol. The van der Waals surface area contributed by atoms with Gasteiger partial charge in [-0.15, -0.1) is 10.2 Å². The average molecular weight is 393 g/mol. The van der Waals surface area contributed by atoms with E-state index in [9.17, 15) is 4.79 Å². The highest BCUT2D eigenvalue weighted by Crippen LogP contribution is 2.21. The second kappa shape index (κ2) is 7.77. The number of aromatic nitrogens is 4. The van der Waals surface area contributed by atoms with Crippen LogP contribution in [0.25, 0.3) is 0 Å². The molecular weight excluding hydrogens is 374 g/mol. The van der Waals surface area contributed by atoms with Crippen molar-refractivity contribution >= 4 is 23.3 Å². The number of hydrogen-bond acceptors (Lipinski definition) is 6. The Morgan fingerprint density at radius 1 is 1.07 bits per heavy atom. The van der Waals surface area contributed by atoms with Crippen LogP contribution in [-0.2, 0) is 5.75 Å². The van der Waals surface area contributed by atoms with Crippen LogP contribution in [0.15, 0.2) is 75.5 Å². The van der Waals surface area contributed by atoms with E-state index in [1.807, 2.05) is 56.3 Å². The molecule has 28 heavy (non-hydrogen) atoms. The van der Waals surface area contributed by atoms with Gasteiger partial charge in [-0.1, -0.05) is 17.8 Å². The van der Waals surface area contributed by atoms with Crippen molar-refractivity contribution in [2.75, 3.05) is 5.32 Å². The molecule has 0 aliphatic rings. The van der Waals surface area contributed by atoms with Crippen LogP contribution in [0.1, 0.15) is 16.9 Å². The van der Waals surface area contributed by atoms with Crippen molar-refractivity contribution in [3.05, 3.63) is 88.4 Å². The fourth-order valence-corrected chi connectivity index (χ4v) is 3.52. The highest BCUT2D eigenvalue weighted by molar-refractivity contribution is 7.98. The highest BCUT2D eigenvalue weighted by Gasteiger charge is 2.15. The molecule has 0 unspecified atom stereocenters. The van der Waals surface area contributed by atoms with Gasteiger partial charge in [0.25, 0.3) is 0 Å². The van der Waals surface area contributed by atoms with Crippen LogP contribution in [-0.4, -0.2) is 19.5 Å². The summed E-state index contributed by atoms with van der Waals surface area (Å²) in [4.78, 5) is 13.1. The molecule has 1 aromatic carbocycles. The summed E-state index contributed by atoms with van der Waals surface area (Å²) in [6.07, 6.45) is 5.21. The molecule has 3 heterocycles. The van der Waals surface area contributed by atoms with Crippen LogP contribution in [0.2, 0.25) is 0 Å². The minimum absolute atomic E-state index is 0.166. The zero-order chi connectivity index (χ0) is 19.5. The summed E-state index contributed by atoms with van der Waals surface area (Å²) < 4.78 is 8.54. The Bertz CT molecular complexity index is 1130. The van der Waals surface area contributed by atoms with Crippen LogP contribution in [0, 0.1) is 13.8 Å². The molecule has 4 aromatic rings. The van der Waals surface area contributed by atoms with E-state index >= 15 is 0 Å². The number of rotatable bonds is 6. The largest absolute Gasteiger partial charge is 0.468 e. The molecule has 4 rings (SSSR count). The summed E-state index contributed by atoms with van der Waals surface area (Å²) in [6.45, 7) is 4.07. The molecule has 0 bridgehead atoms. The van der Waals surface area contributed by atoms with Crippen molar-refractivity contribution in [3.8, 4) is 0 Å². The summed E-state index contributed by atoms with van der Waals surface area (Å²) in [6, 6.07) is 13.3. The van der Waals surface area contributed by atoms with Crippen molar-refractivity contribution < 1.29 is 4.42 Å². The van der Waals surface area contributed by atoms with Gasteiger partial charge in [0.1, 0.15) is 5.76 Å². The van der Waals surface area contributed by atoms with Gasteiger partial charge in [0.2, 0.25) is 11.0 Å². The van der Waals surface area contributed by atoms with E-state index in [2.05, 4.69) is 15.5 Å². The molecule has 0 amide bonds. The van der Waals surface area contributed by atoms with Gasteiger partial charge >= 0.3 is 5.56 Å². The smallest absolute Gasteiger partial charge is 0.316 e. The van der Waals surface area contributed by atoms with Crippen molar-refractivity contribution in [1.29, 1.82) is 0 Å². The molecule has 0 saturated carbocycles. The van der Waals surface area contributed by atoms with Crippen LogP contribution in [0.4, 0.5) is 11.5 Å². The summed E-state index contributed by atoms with van der Waals surface area (Å²) >= 11 is 1.38. The third-order valence-electron chi connectivity index (χ3n) is 4.32. The van der Waals surface area contributed by atoms with E-state index in [0.717, 1.165) is 17.0 Å². The molecule has 0 atom stereocenters. The molecule has 0 saturated heterocycles. The van der Waals surface area contributed by atoms with E-state index in [0.29, 0.717) is 10.9 Å². The highest BCUT2D eigenvalue weighted by atomic mass is 32.2. The van der Waals surface area contributed by atoms with E-state index in [1.54, 1.807) is 23.3 Å². The zero-order valence-corrected chi connectivity index (χ0v) is 16.3. The fourth-order valence-electron chi connectivity index (χ4n) is 2.68. The lowest BCUT2D eigenvalue weighted by Crippen LogP contribution is -2.30. The molecule has 142 valence electrons. The molecule has 1 N–H and O–H groups in total. The molecule has 0 aliphatic carbocycles. The first-order chi connectivity index (χ1) is 13.6. The van der Waals surface area contributed by atoms with Gasteiger partial charge in [0, 0.05) is 18.1 Å². The SMILES string of the molecule is Cc1ccc(Nc2nnc(SCc3ccco3)n(-n3cccc3)c2=O)cc1C. The Kier molecular flexibility index (Phi) is 5.03. The maximum atomic E-state index is 13.1. The lowest BCUT2D eigenvalue weighted by Gasteiger charge is -2.14. The lowest BCUT2D eigenvalue weighted by molar-refractivity contribution is 0.523. The zero-order valence-electron chi connectivity index (χ0n) is 15.5. The first kappa shape index (κ1) is 18.1. The van der Waals surface area contributed by atoms with Crippen molar-refractivity contribution in [1.82, 2.24) is 19.5 Å². The molecule has 0 aliphatic heterocycles. The summed E-state index contributed by atoms with van der Waals surface area (Å²) in [7, 11) is 0. The third-order valence-corrected chi connectivity index (χ3v) is 5.27. The third kappa shape index (κ3) is 3.72. The monoisotopic (exact) mass is 393 g/mol. The van der Waals surface area contributed by atoms with Gasteiger partial charge in [0.15, 0.2) is 0 Å². The Morgan fingerprint density at radius 2 is 1.89 bits per heavy atom. The van der Waals surface area contributed by atoms with Crippen LogP contribution in [0.5, 0.6) is 0 Å². The number of aryl methyl sites for hydroxylation is 2. The molecule has 0 fully saturated rings. The Hall–Kier alpha value is -3.26. The number of nitrogens with one attached hydrogen (secondary N) is 1. The van der Waals surface area contributed by atoms with Crippen molar-refractivity contribution in [2.45, 2.75) is 24.8 Å². The van der Waals surface area contributed by atoms with Gasteiger partial charge in [-0.25, -0.2) is 0 Å². The normalized spacial score (nSPS) is 10.9. The summed E-state index contributed by atoms with van der Waals surface area (Å²) in [5.41, 5.74) is 2.83. The molecule has 8 heteroatoms. The minimum atomic E-state index is -0.286. The average Bonchev–Trinajstić information content (AvgIpc) is 3.39. The first-order valence-electron chi connectivity index (χ1n) is 8.74. The lowest BCUT2D eigenvalue weighted by atomic mass is 10.1. The summed E-state index contributed by atoms with van der Waals surface area (Å²) in [5, 5.41) is 12.0. The molecule has 3 aromatic heterocycles. The van der Waals surface area contributed by atoms with Gasteiger partial charge < -0.3 is 9.73 Å². The summed E-state index contributed by atoms with van der Waals surface area (Å²) in [5.74, 6) is 1.52. The van der Waals surface area contributed by atoms with Gasteiger partial charge in [-0.2, -0.15) is 4.68 Å². The Balaban J connectivity index is 1.69. The number of anilines is 2. The quantitative estimate of drug-likeness (QED) is 0.499. The minimum Gasteiger partial charge on any atom is -0.468 e. The van der Waals surface area contributed by atoms with Crippen molar-refractivity contribution in [3.63, 3.8) is 0 Å². The van der Waals surface area contributed by atoms with Crippen molar-refractivity contribution in [2.24, 2.45) is 0 Å². The number of benzene rings is 1. The molecule has 7 nitrogen and oxygen atoms in total. The van der Waals surface area contributed by atoms with E-state index in [1.165, 1.54) is 22.0 Å². The Morgan fingerprint density at radius 3 is 2.61 bits per heavy atom. The van der Waals surface area contributed by atoms with Crippen LogP contribution < -0.4 is 10.9 Å². The van der Waals surface area contributed by atoms with Gasteiger partial charge in [-0.05, 0) is 61.4 Å². The predicted octanol–water partition coefficient (Wildman–Crippen LogP) is 4.00. The molecular formula is C20H19N5O2S. The number of hydrogen-bond donors (Lipinski definition) is 1. The second-order valence-corrected chi connectivity index (χ2v) is 7.25. The molecule has 0 spiro atoms. The van der Waals surface area contributed by atoms with E-state index < -0.39 is 0 Å². The maximum Gasteiger partial charge on any atom is 0.316 e.